The van der Waals surface area contributed by atoms with Gasteiger partial charge in [0.25, 0.3) is 0 Å². The van der Waals surface area contributed by atoms with E-state index in [0.29, 0.717) is 29.9 Å². The van der Waals surface area contributed by atoms with Gasteiger partial charge in [0.2, 0.25) is 0 Å². The molecule has 2 fully saturated rings. The Labute approximate surface area is 183 Å². The van der Waals surface area contributed by atoms with E-state index in [1.165, 1.54) is 11.1 Å². The Bertz CT molecular complexity index is 958. The first-order valence-corrected chi connectivity index (χ1v) is 11.3. The molecule has 5 heteroatoms. The minimum absolute atomic E-state index is 0.177. The molecule has 0 aromatic heterocycles. The summed E-state index contributed by atoms with van der Waals surface area (Å²) >= 11 is 0. The first kappa shape index (κ1) is 20.5. The summed E-state index contributed by atoms with van der Waals surface area (Å²) in [5, 5.41) is 20.9. The van der Waals surface area contributed by atoms with Crippen LogP contribution in [0.1, 0.15) is 55.2 Å². The second kappa shape index (κ2) is 7.95. The van der Waals surface area contributed by atoms with Gasteiger partial charge in [0.1, 0.15) is 12.4 Å². The van der Waals surface area contributed by atoms with Crippen LogP contribution < -0.4 is 4.74 Å². The zero-order valence-corrected chi connectivity index (χ0v) is 17.9. The Morgan fingerprint density at radius 1 is 1.13 bits per heavy atom. The van der Waals surface area contributed by atoms with Gasteiger partial charge in [0.15, 0.2) is 0 Å². The van der Waals surface area contributed by atoms with Crippen molar-refractivity contribution in [1.29, 1.82) is 0 Å². The van der Waals surface area contributed by atoms with Gasteiger partial charge in [-0.15, -0.1) is 0 Å². The number of fused-ring (bicyclic) bond motifs is 5. The maximum Gasteiger partial charge on any atom is 0.514 e. The molecule has 5 nitrogen and oxygen atoms in total. The van der Waals surface area contributed by atoms with Crippen LogP contribution in [0.15, 0.2) is 48.5 Å². The largest absolute Gasteiger partial charge is 0.514 e. The molecule has 5 rings (SSSR count). The van der Waals surface area contributed by atoms with Crippen molar-refractivity contribution < 1.29 is 24.5 Å². The van der Waals surface area contributed by atoms with Crippen molar-refractivity contribution >= 4 is 6.16 Å². The molecule has 31 heavy (non-hydrogen) atoms. The quantitative estimate of drug-likeness (QED) is 0.559. The third-order valence-corrected chi connectivity index (χ3v) is 8.07. The van der Waals surface area contributed by atoms with E-state index in [2.05, 4.69) is 13.0 Å². The average Bonchev–Trinajstić information content (AvgIpc) is 3.02. The Morgan fingerprint density at radius 3 is 2.74 bits per heavy atom. The molecular formula is C26H30O5. The highest BCUT2D eigenvalue weighted by Crippen LogP contribution is 2.60. The molecule has 0 amide bonds. The van der Waals surface area contributed by atoms with E-state index in [4.69, 9.17) is 9.47 Å². The van der Waals surface area contributed by atoms with Crippen molar-refractivity contribution in [2.24, 2.45) is 17.3 Å². The van der Waals surface area contributed by atoms with E-state index < -0.39 is 18.4 Å². The minimum Gasteiger partial charge on any atom is -0.429 e. The van der Waals surface area contributed by atoms with E-state index in [1.807, 2.05) is 42.5 Å². The smallest absolute Gasteiger partial charge is 0.429 e. The van der Waals surface area contributed by atoms with E-state index >= 15 is 0 Å². The van der Waals surface area contributed by atoms with Crippen molar-refractivity contribution in [3.8, 4) is 5.75 Å². The molecule has 2 aromatic carbocycles. The lowest BCUT2D eigenvalue weighted by Crippen LogP contribution is -2.44. The Kier molecular flexibility index (Phi) is 5.27. The van der Waals surface area contributed by atoms with Gasteiger partial charge in [-0.25, -0.2) is 4.79 Å². The molecular weight excluding hydrogens is 392 g/mol. The van der Waals surface area contributed by atoms with Crippen LogP contribution in [0.2, 0.25) is 0 Å². The van der Waals surface area contributed by atoms with Crippen molar-refractivity contribution in [1.82, 2.24) is 0 Å². The summed E-state index contributed by atoms with van der Waals surface area (Å²) in [7, 11) is 0. The Balaban J connectivity index is 1.27. The second-order valence-electron chi connectivity index (χ2n) is 9.69. The summed E-state index contributed by atoms with van der Waals surface area (Å²) in [4.78, 5) is 12.1. The molecule has 0 spiro atoms. The number of hydrogen-bond donors (Lipinski definition) is 2. The van der Waals surface area contributed by atoms with Crippen LogP contribution in [-0.4, -0.2) is 28.6 Å². The summed E-state index contributed by atoms with van der Waals surface area (Å²) in [5.41, 5.74) is 3.31. The highest BCUT2D eigenvalue weighted by molar-refractivity contribution is 5.64. The number of ether oxygens (including phenoxy) is 2. The van der Waals surface area contributed by atoms with Crippen molar-refractivity contribution in [2.45, 2.75) is 63.8 Å². The normalized spacial score (nSPS) is 33.7. The van der Waals surface area contributed by atoms with Gasteiger partial charge in [-0.1, -0.05) is 43.3 Å². The van der Waals surface area contributed by atoms with Crippen LogP contribution >= 0.6 is 0 Å². The molecule has 0 aliphatic heterocycles. The van der Waals surface area contributed by atoms with Crippen LogP contribution in [0.3, 0.4) is 0 Å². The van der Waals surface area contributed by atoms with Gasteiger partial charge in [0, 0.05) is 0 Å². The summed E-state index contributed by atoms with van der Waals surface area (Å²) in [6.45, 7) is 2.34. The zero-order valence-electron chi connectivity index (χ0n) is 17.9. The molecule has 2 N–H and O–H groups in total. The van der Waals surface area contributed by atoms with E-state index in [0.717, 1.165) is 31.2 Å². The van der Waals surface area contributed by atoms with Gasteiger partial charge < -0.3 is 19.7 Å². The number of aliphatic hydroxyl groups is 2. The second-order valence-corrected chi connectivity index (χ2v) is 9.69. The molecule has 0 heterocycles. The van der Waals surface area contributed by atoms with Crippen LogP contribution in [0.25, 0.3) is 0 Å². The lowest BCUT2D eigenvalue weighted by Gasteiger charge is -2.49. The monoisotopic (exact) mass is 422 g/mol. The number of aliphatic hydroxyl groups excluding tert-OH is 2. The van der Waals surface area contributed by atoms with Crippen LogP contribution in [0.4, 0.5) is 4.79 Å². The summed E-state index contributed by atoms with van der Waals surface area (Å²) in [5.74, 6) is 1.80. The lowest BCUT2D eigenvalue weighted by atomic mass is 9.55. The molecule has 2 saturated carbocycles. The number of carbonyl (C=O) groups is 1. The molecule has 0 bridgehead atoms. The standard InChI is InChI=1S/C26H30O5/c1-26-12-11-20-19-10-8-18(31-25(29)30-15-16-5-3-2-4-6-16)13-17(19)7-9-21(20)22(26)14-23(27)24(26)28/h2-6,8,10,13,20-24,27-28H,7,9,11-12,14-15H2,1H3/t20-,21-,22+,23+,24+,26+/m1/s1. The summed E-state index contributed by atoms with van der Waals surface area (Å²) in [6.07, 6.45) is 2.70. The summed E-state index contributed by atoms with van der Waals surface area (Å²) in [6, 6.07) is 15.5. The lowest BCUT2D eigenvalue weighted by molar-refractivity contribution is -0.0505. The van der Waals surface area contributed by atoms with Gasteiger partial charge in [-0.05, 0) is 84.1 Å². The fraction of sp³-hybridized carbons (Fsp3) is 0.500. The maximum atomic E-state index is 12.1. The number of aryl methyl sites for hydroxylation is 1. The molecule has 0 radical (unpaired) electrons. The molecule has 6 atom stereocenters. The number of carbonyl (C=O) groups excluding carboxylic acids is 1. The Morgan fingerprint density at radius 2 is 1.94 bits per heavy atom. The average molecular weight is 423 g/mol. The third-order valence-electron chi connectivity index (χ3n) is 8.07. The number of rotatable bonds is 3. The van der Waals surface area contributed by atoms with Crippen LogP contribution in [0, 0.1) is 17.3 Å². The van der Waals surface area contributed by atoms with E-state index in [9.17, 15) is 15.0 Å². The SMILES string of the molecule is C[C@]12CC[C@@H]3c4ccc(OC(=O)OCc5ccccc5)cc4CC[C@H]3[C@@H]1C[C@H](O)[C@@H]2O. The van der Waals surface area contributed by atoms with Crippen molar-refractivity contribution in [2.75, 3.05) is 0 Å². The van der Waals surface area contributed by atoms with Gasteiger partial charge in [-0.2, -0.15) is 0 Å². The molecule has 2 aromatic rings. The highest BCUT2D eigenvalue weighted by atomic mass is 16.7. The van der Waals surface area contributed by atoms with Crippen molar-refractivity contribution in [3.05, 3.63) is 65.2 Å². The predicted molar refractivity (Wildman–Crippen MR) is 116 cm³/mol. The van der Waals surface area contributed by atoms with Crippen molar-refractivity contribution in [3.63, 3.8) is 0 Å². The number of benzene rings is 2. The van der Waals surface area contributed by atoms with Crippen LogP contribution in [-0.2, 0) is 17.8 Å². The number of hydrogen-bond acceptors (Lipinski definition) is 5. The highest BCUT2D eigenvalue weighted by Gasteiger charge is 2.57. The summed E-state index contributed by atoms with van der Waals surface area (Å²) < 4.78 is 10.7. The molecule has 0 saturated heterocycles. The van der Waals surface area contributed by atoms with E-state index in [-0.39, 0.29) is 12.0 Å². The fourth-order valence-electron chi connectivity index (χ4n) is 6.45. The molecule has 3 aliphatic rings. The fourth-order valence-corrected chi connectivity index (χ4v) is 6.45. The maximum absolute atomic E-state index is 12.1. The van der Waals surface area contributed by atoms with Gasteiger partial charge in [0.05, 0.1) is 12.2 Å². The molecule has 164 valence electrons. The third kappa shape index (κ3) is 3.64. The first-order valence-electron chi connectivity index (χ1n) is 11.3. The van der Waals surface area contributed by atoms with E-state index in [1.54, 1.807) is 0 Å². The molecule has 0 unspecified atom stereocenters. The zero-order chi connectivity index (χ0) is 21.6. The van der Waals surface area contributed by atoms with Gasteiger partial charge >= 0.3 is 6.16 Å². The van der Waals surface area contributed by atoms with Gasteiger partial charge in [-0.3, -0.25) is 0 Å². The first-order chi connectivity index (χ1) is 15.0. The van der Waals surface area contributed by atoms with Crippen LogP contribution in [0.5, 0.6) is 5.75 Å². The Hall–Kier alpha value is -2.37. The molecule has 3 aliphatic carbocycles. The topological polar surface area (TPSA) is 76.0 Å². The minimum atomic E-state index is -0.695. The predicted octanol–water partition coefficient (Wildman–Crippen LogP) is 4.59.